The van der Waals surface area contributed by atoms with E-state index in [1.165, 1.54) is 51.4 Å². The Bertz CT molecular complexity index is 138. The molecule has 0 saturated heterocycles. The maximum absolute atomic E-state index is 6.59. The first-order valence-corrected chi connectivity index (χ1v) is 6.87. The fourth-order valence-electron chi connectivity index (χ4n) is 2.72. The number of hydrogen-bond acceptors (Lipinski definition) is 0. The van der Waals surface area contributed by atoms with Gasteiger partial charge in [-0.3, -0.25) is 0 Å². The van der Waals surface area contributed by atoms with Crippen LogP contribution in [0.3, 0.4) is 0 Å². The van der Waals surface area contributed by atoms with Gasteiger partial charge in [-0.2, -0.15) is 0 Å². The molecule has 1 aliphatic rings. The molecule has 1 saturated carbocycles. The molecule has 14 heavy (non-hydrogen) atoms. The van der Waals surface area contributed by atoms with Crippen LogP contribution in [-0.4, -0.2) is 5.38 Å². The lowest BCUT2D eigenvalue weighted by atomic mass is 9.87. The number of hydrogen-bond donors (Lipinski definition) is 0. The monoisotopic (exact) mass is 216 g/mol. The molecule has 1 heteroatoms. The van der Waals surface area contributed by atoms with E-state index in [-0.39, 0.29) is 0 Å². The summed E-state index contributed by atoms with van der Waals surface area (Å²) in [6, 6.07) is 0. The minimum Gasteiger partial charge on any atom is -0.122 e. The Hall–Kier alpha value is 0.290. The van der Waals surface area contributed by atoms with Gasteiger partial charge in [0.2, 0.25) is 0 Å². The maximum Gasteiger partial charge on any atom is 0.0392 e. The topological polar surface area (TPSA) is 0 Å². The summed E-state index contributed by atoms with van der Waals surface area (Å²) in [7, 11) is 0. The van der Waals surface area contributed by atoms with Crippen molar-refractivity contribution in [2.75, 3.05) is 0 Å². The van der Waals surface area contributed by atoms with Gasteiger partial charge in [0.15, 0.2) is 0 Å². The molecule has 0 N–H and O–H groups in total. The van der Waals surface area contributed by atoms with E-state index in [1.807, 2.05) is 0 Å². The Morgan fingerprint density at radius 2 is 1.86 bits per heavy atom. The molecule has 84 valence electrons. The van der Waals surface area contributed by atoms with E-state index < -0.39 is 0 Å². The standard InChI is InChI=1S/C13H25Cl/c1-3-5-8-11(4-2)13(14)12-9-6-7-10-12/h11-13H,3-10H2,1-2H3. The second kappa shape index (κ2) is 6.71. The summed E-state index contributed by atoms with van der Waals surface area (Å²) < 4.78 is 0. The second-order valence-electron chi connectivity index (χ2n) is 4.80. The highest BCUT2D eigenvalue weighted by molar-refractivity contribution is 6.21. The van der Waals surface area contributed by atoms with E-state index in [1.54, 1.807) is 0 Å². The zero-order valence-corrected chi connectivity index (χ0v) is 10.5. The molecule has 0 amide bonds. The molecule has 2 atom stereocenters. The van der Waals surface area contributed by atoms with Gasteiger partial charge in [-0.15, -0.1) is 11.6 Å². The van der Waals surface area contributed by atoms with Crippen molar-refractivity contribution < 1.29 is 0 Å². The van der Waals surface area contributed by atoms with Crippen molar-refractivity contribution in [3.05, 3.63) is 0 Å². The van der Waals surface area contributed by atoms with Gasteiger partial charge < -0.3 is 0 Å². The Morgan fingerprint density at radius 3 is 2.36 bits per heavy atom. The normalized spacial score (nSPS) is 22.5. The third-order valence-corrected chi connectivity index (χ3v) is 4.47. The molecule has 0 bridgehead atoms. The van der Waals surface area contributed by atoms with E-state index in [0.717, 1.165) is 11.8 Å². The van der Waals surface area contributed by atoms with Crippen molar-refractivity contribution in [1.82, 2.24) is 0 Å². The van der Waals surface area contributed by atoms with Crippen molar-refractivity contribution in [3.8, 4) is 0 Å². The van der Waals surface area contributed by atoms with E-state index in [4.69, 9.17) is 11.6 Å². The first kappa shape index (κ1) is 12.4. The summed E-state index contributed by atoms with van der Waals surface area (Å²) in [5.74, 6) is 1.61. The van der Waals surface area contributed by atoms with Gasteiger partial charge in [0.25, 0.3) is 0 Å². The van der Waals surface area contributed by atoms with E-state index in [2.05, 4.69) is 13.8 Å². The van der Waals surface area contributed by atoms with Crippen LogP contribution in [0.2, 0.25) is 0 Å². The van der Waals surface area contributed by atoms with Crippen LogP contribution in [0.25, 0.3) is 0 Å². The Morgan fingerprint density at radius 1 is 1.21 bits per heavy atom. The molecule has 0 heterocycles. The van der Waals surface area contributed by atoms with Crippen molar-refractivity contribution >= 4 is 11.6 Å². The Labute approximate surface area is 94.4 Å². The highest BCUT2D eigenvalue weighted by Gasteiger charge is 2.28. The smallest absolute Gasteiger partial charge is 0.0392 e. The van der Waals surface area contributed by atoms with Crippen LogP contribution in [0.1, 0.15) is 65.2 Å². The quantitative estimate of drug-likeness (QED) is 0.548. The summed E-state index contributed by atoms with van der Waals surface area (Å²) in [5, 5.41) is 0.467. The molecule has 0 radical (unpaired) electrons. The first-order chi connectivity index (χ1) is 6.79. The van der Waals surface area contributed by atoms with Gasteiger partial charge in [-0.05, 0) is 31.1 Å². The lowest BCUT2D eigenvalue weighted by molar-refractivity contribution is 0.349. The zero-order valence-electron chi connectivity index (χ0n) is 9.77. The Kier molecular flexibility index (Phi) is 5.93. The van der Waals surface area contributed by atoms with Crippen LogP contribution in [0.5, 0.6) is 0 Å². The lowest BCUT2D eigenvalue weighted by Gasteiger charge is -2.25. The summed E-state index contributed by atoms with van der Waals surface area (Å²) in [4.78, 5) is 0. The summed E-state index contributed by atoms with van der Waals surface area (Å²) >= 11 is 6.59. The minimum absolute atomic E-state index is 0.467. The molecule has 0 aliphatic heterocycles. The fourth-order valence-corrected chi connectivity index (χ4v) is 3.27. The molecule has 0 aromatic heterocycles. The average Bonchev–Trinajstić information content (AvgIpc) is 2.71. The van der Waals surface area contributed by atoms with Crippen LogP contribution >= 0.6 is 11.6 Å². The molecular formula is C13H25Cl. The predicted molar refractivity (Wildman–Crippen MR) is 64.9 cm³/mol. The van der Waals surface area contributed by atoms with Gasteiger partial charge in [0, 0.05) is 5.38 Å². The minimum atomic E-state index is 0.467. The van der Waals surface area contributed by atoms with Gasteiger partial charge in [0.1, 0.15) is 0 Å². The highest BCUT2D eigenvalue weighted by Crippen LogP contribution is 2.36. The van der Waals surface area contributed by atoms with Gasteiger partial charge in [0.05, 0.1) is 0 Å². The number of unbranched alkanes of at least 4 members (excludes halogenated alkanes) is 1. The molecule has 0 aromatic rings. The summed E-state index contributed by atoms with van der Waals surface area (Å²) in [5.41, 5.74) is 0. The van der Waals surface area contributed by atoms with Gasteiger partial charge in [-0.1, -0.05) is 46.0 Å². The van der Waals surface area contributed by atoms with Crippen molar-refractivity contribution in [3.63, 3.8) is 0 Å². The maximum atomic E-state index is 6.59. The molecule has 1 aliphatic carbocycles. The first-order valence-electron chi connectivity index (χ1n) is 6.43. The average molecular weight is 217 g/mol. The molecule has 1 rings (SSSR count). The molecule has 1 fully saturated rings. The fraction of sp³-hybridized carbons (Fsp3) is 1.00. The SMILES string of the molecule is CCCCC(CC)C(Cl)C1CCCC1. The van der Waals surface area contributed by atoms with Crippen LogP contribution in [0.15, 0.2) is 0 Å². The highest BCUT2D eigenvalue weighted by atomic mass is 35.5. The molecule has 0 aromatic carbocycles. The number of alkyl halides is 1. The molecular weight excluding hydrogens is 192 g/mol. The largest absolute Gasteiger partial charge is 0.122 e. The van der Waals surface area contributed by atoms with Crippen LogP contribution in [0.4, 0.5) is 0 Å². The molecule has 0 spiro atoms. The Balaban J connectivity index is 2.33. The van der Waals surface area contributed by atoms with E-state index in [9.17, 15) is 0 Å². The van der Waals surface area contributed by atoms with Crippen molar-refractivity contribution in [2.24, 2.45) is 11.8 Å². The van der Waals surface area contributed by atoms with Crippen LogP contribution in [-0.2, 0) is 0 Å². The number of rotatable bonds is 6. The third kappa shape index (κ3) is 3.46. The van der Waals surface area contributed by atoms with Gasteiger partial charge in [-0.25, -0.2) is 0 Å². The van der Waals surface area contributed by atoms with Crippen molar-refractivity contribution in [2.45, 2.75) is 70.6 Å². The second-order valence-corrected chi connectivity index (χ2v) is 5.30. The number of halogens is 1. The van der Waals surface area contributed by atoms with Crippen LogP contribution < -0.4 is 0 Å². The third-order valence-electron chi connectivity index (χ3n) is 3.75. The van der Waals surface area contributed by atoms with E-state index >= 15 is 0 Å². The van der Waals surface area contributed by atoms with Gasteiger partial charge >= 0.3 is 0 Å². The molecule has 2 unspecified atom stereocenters. The summed E-state index contributed by atoms with van der Waals surface area (Å²) in [6.45, 7) is 4.57. The molecule has 0 nitrogen and oxygen atoms in total. The summed E-state index contributed by atoms with van der Waals surface area (Å²) in [6.07, 6.45) is 10.9. The predicted octanol–water partition coefficient (Wildman–Crippen LogP) is 5.00. The zero-order chi connectivity index (χ0) is 10.4. The van der Waals surface area contributed by atoms with E-state index in [0.29, 0.717) is 5.38 Å². The lowest BCUT2D eigenvalue weighted by Crippen LogP contribution is -2.22. The van der Waals surface area contributed by atoms with Crippen LogP contribution in [0, 0.1) is 11.8 Å². The van der Waals surface area contributed by atoms with Crippen molar-refractivity contribution in [1.29, 1.82) is 0 Å².